The van der Waals surface area contributed by atoms with E-state index in [2.05, 4.69) is 23.7 Å². The van der Waals surface area contributed by atoms with Crippen molar-refractivity contribution in [3.8, 4) is 23.7 Å². The van der Waals surface area contributed by atoms with E-state index in [0.717, 1.165) is 45.5 Å². The van der Waals surface area contributed by atoms with Crippen LogP contribution in [0, 0.1) is 35.3 Å². The fourth-order valence-corrected chi connectivity index (χ4v) is 7.39. The van der Waals surface area contributed by atoms with Gasteiger partial charge in [0.05, 0.1) is 11.1 Å². The Kier molecular flexibility index (Phi) is 14.5. The highest BCUT2D eigenvalue weighted by molar-refractivity contribution is 5.62. The van der Waals surface area contributed by atoms with Crippen LogP contribution in [0.1, 0.15) is 44.5 Å². The molecule has 9 aromatic rings. The van der Waals surface area contributed by atoms with Crippen molar-refractivity contribution in [1.29, 1.82) is 0 Å². The molecule has 0 bridgehead atoms. The van der Waals surface area contributed by atoms with E-state index in [1.54, 1.807) is 0 Å². The fourth-order valence-electron chi connectivity index (χ4n) is 7.39. The summed E-state index contributed by atoms with van der Waals surface area (Å²) in [6.45, 7) is 0. The first-order valence-electron chi connectivity index (χ1n) is 20.5. The topological polar surface area (TPSA) is 0 Å². The normalized spacial score (nSPS) is 10.5. The van der Waals surface area contributed by atoms with Crippen LogP contribution in [0.2, 0.25) is 0 Å². The third-order valence-electron chi connectivity index (χ3n) is 10.4. The number of rotatable bonds is 6. The lowest BCUT2D eigenvalue weighted by Gasteiger charge is -2.31. The Morgan fingerprint density at radius 1 is 0.242 bits per heavy atom. The maximum atomic E-state index is 16.1. The molecule has 2 heteroatoms. The summed E-state index contributed by atoms with van der Waals surface area (Å²) >= 11 is 0. The van der Waals surface area contributed by atoms with Gasteiger partial charge in [-0.1, -0.05) is 278 Å². The first-order valence-corrected chi connectivity index (χ1v) is 20.5. The van der Waals surface area contributed by atoms with Gasteiger partial charge in [-0.3, -0.25) is 0 Å². The molecule has 298 valence electrons. The van der Waals surface area contributed by atoms with Gasteiger partial charge in [0.25, 0.3) is 0 Å². The van der Waals surface area contributed by atoms with Crippen LogP contribution < -0.4 is 0 Å². The first-order chi connectivity index (χ1) is 30.6. The molecule has 0 unspecified atom stereocenters. The van der Waals surface area contributed by atoms with Crippen LogP contribution in [-0.4, -0.2) is 0 Å². The van der Waals surface area contributed by atoms with Gasteiger partial charge >= 0.3 is 0 Å². The van der Waals surface area contributed by atoms with Crippen molar-refractivity contribution >= 4 is 0 Å². The predicted octanol–water partition coefficient (Wildman–Crippen LogP) is 14.1. The number of hydrogen-bond acceptors (Lipinski definition) is 0. The van der Waals surface area contributed by atoms with E-state index in [9.17, 15) is 0 Å². The maximum absolute atomic E-state index is 16.1. The van der Waals surface area contributed by atoms with Gasteiger partial charge in [0.15, 0.2) is 0 Å². The fraction of sp³-hybridized carbons (Fsp3) is 0.0333. The Bertz CT molecular complexity index is 2380. The van der Waals surface area contributed by atoms with E-state index in [1.807, 2.05) is 255 Å². The smallest absolute Gasteiger partial charge is 0.140 e. The van der Waals surface area contributed by atoms with Gasteiger partial charge in [-0.15, -0.1) is 0 Å². The second kappa shape index (κ2) is 21.3. The van der Waals surface area contributed by atoms with Gasteiger partial charge < -0.3 is 0 Å². The van der Waals surface area contributed by atoms with Gasteiger partial charge in [0, 0.05) is 0 Å². The molecule has 0 aliphatic rings. The van der Waals surface area contributed by atoms with E-state index in [0.29, 0.717) is 0 Å². The van der Waals surface area contributed by atoms with Crippen molar-refractivity contribution in [2.24, 2.45) is 0 Å². The van der Waals surface area contributed by atoms with E-state index in [1.165, 1.54) is 0 Å². The van der Waals surface area contributed by atoms with E-state index < -0.39 is 22.5 Å². The standard InChI is InChI=1S/C48H32F2.2C6H6/c49-45-36-38(32-34-48(42-25-13-4-14-26-42,43-27-15-5-16-28-43)44-29-17-6-18-30-44)46(50)35-37(45)31-33-47(39-19-7-1-8-20-39,40-21-9-2-10-22-40)41-23-11-3-12-24-41;2*1-2-4-6-5-3-1/h1-30,35-36H;2*1-6H. The van der Waals surface area contributed by atoms with E-state index in [-0.39, 0.29) is 11.1 Å². The number of benzene rings is 9. The highest BCUT2D eigenvalue weighted by Gasteiger charge is 2.36. The Morgan fingerprint density at radius 3 is 0.581 bits per heavy atom. The van der Waals surface area contributed by atoms with Crippen molar-refractivity contribution in [2.75, 3.05) is 0 Å². The van der Waals surface area contributed by atoms with Gasteiger partial charge in [-0.05, 0) is 45.5 Å². The molecule has 0 heterocycles. The minimum Gasteiger partial charge on any atom is -0.206 e. The van der Waals surface area contributed by atoms with Gasteiger partial charge in [0.2, 0.25) is 0 Å². The molecule has 0 aliphatic heterocycles. The van der Waals surface area contributed by atoms with Crippen LogP contribution in [0.15, 0.2) is 267 Å². The Morgan fingerprint density at radius 2 is 0.403 bits per heavy atom. The lowest BCUT2D eigenvalue weighted by molar-refractivity contribution is 0.594. The highest BCUT2D eigenvalue weighted by atomic mass is 19.1. The molecule has 0 fully saturated rings. The van der Waals surface area contributed by atoms with Crippen LogP contribution in [0.3, 0.4) is 0 Å². The lowest BCUT2D eigenvalue weighted by Crippen LogP contribution is -2.27. The van der Waals surface area contributed by atoms with Crippen LogP contribution in [0.4, 0.5) is 8.78 Å². The minimum atomic E-state index is -0.939. The summed E-state index contributed by atoms with van der Waals surface area (Å²) in [6, 6.07) is 85.8. The van der Waals surface area contributed by atoms with Crippen LogP contribution in [0.5, 0.6) is 0 Å². The molecule has 9 rings (SSSR count). The minimum absolute atomic E-state index is 0.0411. The first kappa shape index (κ1) is 42.1. The summed E-state index contributed by atoms with van der Waals surface area (Å²) in [4.78, 5) is 0. The van der Waals surface area contributed by atoms with Crippen molar-refractivity contribution in [3.63, 3.8) is 0 Å². The Labute approximate surface area is 364 Å². The molecule has 0 spiro atoms. The summed E-state index contributed by atoms with van der Waals surface area (Å²) < 4.78 is 32.1. The predicted molar refractivity (Wildman–Crippen MR) is 251 cm³/mol. The van der Waals surface area contributed by atoms with Crippen molar-refractivity contribution in [2.45, 2.75) is 10.8 Å². The molecule has 0 aliphatic carbocycles. The molecule has 0 saturated carbocycles. The summed E-state index contributed by atoms with van der Waals surface area (Å²) in [7, 11) is 0. The third kappa shape index (κ3) is 10.0. The van der Waals surface area contributed by atoms with Crippen LogP contribution in [0.25, 0.3) is 0 Å². The SMILES string of the molecule is Fc1cc(C#CC(c2ccccc2)(c2ccccc2)c2ccccc2)c(F)cc1C#CC(c1ccccc1)(c1ccccc1)c1ccccc1.c1ccccc1.c1ccccc1. The second-order valence-electron chi connectivity index (χ2n) is 14.3. The molecule has 0 atom stereocenters. The van der Waals surface area contributed by atoms with Crippen molar-refractivity contribution < 1.29 is 8.78 Å². The van der Waals surface area contributed by atoms with E-state index in [4.69, 9.17) is 0 Å². The number of hydrogen-bond donors (Lipinski definition) is 0. The molecule has 9 aromatic carbocycles. The molecular formula is C60H44F2. The molecule has 0 aromatic heterocycles. The van der Waals surface area contributed by atoms with Gasteiger partial charge in [-0.25, -0.2) is 8.78 Å². The molecule has 0 nitrogen and oxygen atoms in total. The third-order valence-corrected chi connectivity index (χ3v) is 10.4. The average Bonchev–Trinajstić information content (AvgIpc) is 3.36. The van der Waals surface area contributed by atoms with Crippen molar-refractivity contribution in [3.05, 3.63) is 323 Å². The summed E-state index contributed by atoms with van der Waals surface area (Å²) in [5, 5.41) is 0. The maximum Gasteiger partial charge on any atom is 0.140 e. The monoisotopic (exact) mass is 802 g/mol. The van der Waals surface area contributed by atoms with Crippen LogP contribution in [-0.2, 0) is 10.8 Å². The molecule has 62 heavy (non-hydrogen) atoms. The van der Waals surface area contributed by atoms with Crippen LogP contribution >= 0.6 is 0 Å². The Balaban J connectivity index is 0.000000415. The zero-order valence-corrected chi connectivity index (χ0v) is 34.2. The Hall–Kier alpha value is -8.04. The van der Waals surface area contributed by atoms with Crippen molar-refractivity contribution in [1.82, 2.24) is 0 Å². The average molecular weight is 803 g/mol. The van der Waals surface area contributed by atoms with Gasteiger partial charge in [0.1, 0.15) is 22.5 Å². The van der Waals surface area contributed by atoms with Gasteiger partial charge in [-0.2, -0.15) is 0 Å². The molecule has 0 N–H and O–H groups in total. The summed E-state index contributed by atoms with van der Waals surface area (Å²) in [6.07, 6.45) is 0. The molecule has 0 saturated heterocycles. The largest absolute Gasteiger partial charge is 0.206 e. The quantitative estimate of drug-likeness (QED) is 0.116. The highest BCUT2D eigenvalue weighted by Crippen LogP contribution is 2.40. The zero-order valence-electron chi connectivity index (χ0n) is 34.2. The molecular weight excluding hydrogens is 759 g/mol. The number of halogens is 2. The molecule has 0 amide bonds. The second-order valence-corrected chi connectivity index (χ2v) is 14.3. The summed E-state index contributed by atoms with van der Waals surface area (Å²) in [5.74, 6) is 11.7. The molecule has 0 radical (unpaired) electrons. The zero-order chi connectivity index (χ0) is 42.7. The summed E-state index contributed by atoms with van der Waals surface area (Å²) in [5.41, 5.74) is 3.58. The van der Waals surface area contributed by atoms with E-state index >= 15 is 8.78 Å². The lowest BCUT2D eigenvalue weighted by atomic mass is 9.70.